The Morgan fingerprint density at radius 2 is 1.62 bits per heavy atom. The van der Waals surface area contributed by atoms with Gasteiger partial charge in [0.2, 0.25) is 11.8 Å². The first-order chi connectivity index (χ1) is 30.0. The molecule has 334 valence electrons. The third-order valence-electron chi connectivity index (χ3n) is 13.8. The molecule has 1 atom stereocenters. The smallest absolute Gasteiger partial charge is 0.386 e. The molecule has 2 aromatic carbocycles. The highest BCUT2D eigenvalue weighted by Gasteiger charge is 2.40. The van der Waals surface area contributed by atoms with E-state index in [1.54, 1.807) is 42.2 Å². The van der Waals surface area contributed by atoms with Crippen LogP contribution < -0.4 is 26.1 Å². The number of thiazole rings is 1. The Bertz CT molecular complexity index is 2640. The molecule has 4 saturated heterocycles. The highest BCUT2D eigenvalue weighted by molar-refractivity contribution is 7.22. The Kier molecular flexibility index (Phi) is 11.1. The SMILES string of the molecule is Cn1c(=O)n(C2CCC(=O)NC2=O)c2cccc(N3CCC4(CCN(CC5CCN(c6nc7cc(C(C)(C)O)c(NC(=O)c8cccc(C(F)(F)F)n8)cc7s6)CC5)CC4)CC3)c21. The molecular weight excluding hydrogens is 836 g/mol. The van der Waals surface area contributed by atoms with Crippen molar-refractivity contribution < 1.29 is 32.7 Å². The molecule has 0 bridgehead atoms. The number of halogens is 3. The molecule has 5 aromatic rings. The first-order valence-corrected chi connectivity index (χ1v) is 22.6. The van der Waals surface area contributed by atoms with E-state index in [1.165, 1.54) is 17.4 Å². The highest BCUT2D eigenvalue weighted by Crippen LogP contribution is 2.44. The summed E-state index contributed by atoms with van der Waals surface area (Å²) in [4.78, 5) is 66.9. The molecule has 0 saturated carbocycles. The highest BCUT2D eigenvalue weighted by atomic mass is 32.1. The molecule has 4 aliphatic rings. The number of likely N-dealkylation sites (tertiary alicyclic amines) is 1. The van der Waals surface area contributed by atoms with Gasteiger partial charge in [0.25, 0.3) is 5.91 Å². The Labute approximate surface area is 366 Å². The summed E-state index contributed by atoms with van der Waals surface area (Å²) in [5, 5.41) is 17.0. The van der Waals surface area contributed by atoms with E-state index in [2.05, 4.69) is 36.4 Å². The second-order valence-corrected chi connectivity index (χ2v) is 19.3. The molecule has 4 aliphatic heterocycles. The van der Waals surface area contributed by atoms with Gasteiger partial charge in [0, 0.05) is 57.4 Å². The van der Waals surface area contributed by atoms with Crippen LogP contribution in [0, 0.1) is 11.3 Å². The van der Waals surface area contributed by atoms with Gasteiger partial charge in [0.1, 0.15) is 17.4 Å². The van der Waals surface area contributed by atoms with E-state index in [0.717, 1.165) is 118 Å². The van der Waals surface area contributed by atoms with Gasteiger partial charge in [-0.1, -0.05) is 23.5 Å². The molecule has 4 fully saturated rings. The molecule has 1 spiro atoms. The molecule has 0 aliphatic carbocycles. The van der Waals surface area contributed by atoms with Crippen molar-refractivity contribution in [2.45, 2.75) is 83.0 Å². The average Bonchev–Trinajstić information content (AvgIpc) is 3.78. The zero-order valence-electron chi connectivity index (χ0n) is 35.6. The lowest BCUT2D eigenvalue weighted by atomic mass is 9.71. The van der Waals surface area contributed by atoms with E-state index in [4.69, 9.17) is 4.98 Å². The van der Waals surface area contributed by atoms with Crippen molar-refractivity contribution in [3.8, 4) is 0 Å². The van der Waals surface area contributed by atoms with Crippen molar-refractivity contribution in [2.75, 3.05) is 60.9 Å². The van der Waals surface area contributed by atoms with E-state index in [0.29, 0.717) is 34.4 Å². The molecular formula is C45H52F3N9O5S. The molecule has 7 heterocycles. The van der Waals surface area contributed by atoms with Crippen molar-refractivity contribution in [1.29, 1.82) is 0 Å². The van der Waals surface area contributed by atoms with Gasteiger partial charge < -0.3 is 25.1 Å². The van der Waals surface area contributed by atoms with Crippen LogP contribution >= 0.6 is 11.3 Å². The van der Waals surface area contributed by atoms with Crippen molar-refractivity contribution in [2.24, 2.45) is 18.4 Å². The van der Waals surface area contributed by atoms with E-state index in [-0.39, 0.29) is 29.4 Å². The number of nitrogens with one attached hydrogen (secondary N) is 2. The number of hydrogen-bond acceptors (Lipinski definition) is 11. The number of fused-ring (bicyclic) bond motifs is 2. The summed E-state index contributed by atoms with van der Waals surface area (Å²) in [5.74, 6) is -0.980. The third-order valence-corrected chi connectivity index (χ3v) is 14.9. The van der Waals surface area contributed by atoms with Crippen LogP contribution in [0.25, 0.3) is 21.3 Å². The Balaban J connectivity index is 0.791. The van der Waals surface area contributed by atoms with Gasteiger partial charge in [-0.3, -0.25) is 28.8 Å². The second-order valence-electron chi connectivity index (χ2n) is 18.3. The molecule has 63 heavy (non-hydrogen) atoms. The van der Waals surface area contributed by atoms with Crippen molar-refractivity contribution in [1.82, 2.24) is 29.3 Å². The van der Waals surface area contributed by atoms with Gasteiger partial charge in [-0.2, -0.15) is 13.2 Å². The van der Waals surface area contributed by atoms with Crippen molar-refractivity contribution >= 4 is 66.8 Å². The number of anilines is 3. The van der Waals surface area contributed by atoms with Gasteiger partial charge in [-0.25, -0.2) is 14.8 Å². The molecule has 1 unspecified atom stereocenters. The largest absolute Gasteiger partial charge is 0.433 e. The minimum absolute atomic E-state index is 0.205. The Morgan fingerprint density at radius 3 is 2.30 bits per heavy atom. The van der Waals surface area contributed by atoms with Gasteiger partial charge in [-0.05, 0) is 120 Å². The lowest BCUT2D eigenvalue weighted by molar-refractivity contribution is -0.141. The van der Waals surface area contributed by atoms with Crippen LogP contribution in [0.4, 0.5) is 29.7 Å². The third kappa shape index (κ3) is 8.44. The quantitative estimate of drug-likeness (QED) is 0.149. The standard InChI is InChI=1S/C45H52F3N9O5S/c1-43(2,62)28-24-31-35(25-30(28)50-39(59)29-6-4-9-36(49-29)45(46,47)48)63-41(51-31)56-18-12-27(13-19-56)26-54-20-14-44(15-21-54)16-22-55(23-17-44)32-7-5-8-33-38(32)53(3)42(61)57(33)34-10-11-37(58)52-40(34)60/h4-9,24-25,27,34,62H,10-23,26H2,1-3H3,(H,50,59)(H,52,58,60). The maximum absolute atomic E-state index is 13.5. The number of nitrogens with zero attached hydrogens (tertiary/aromatic N) is 7. The van der Waals surface area contributed by atoms with Crippen LogP contribution in [-0.4, -0.2) is 92.6 Å². The molecule has 14 nitrogen and oxygen atoms in total. The summed E-state index contributed by atoms with van der Waals surface area (Å²) in [7, 11) is 1.76. The van der Waals surface area contributed by atoms with Gasteiger partial charge in [-0.15, -0.1) is 0 Å². The van der Waals surface area contributed by atoms with E-state index in [1.807, 2.05) is 12.1 Å². The van der Waals surface area contributed by atoms with Crippen LogP contribution in [0.3, 0.4) is 0 Å². The van der Waals surface area contributed by atoms with Gasteiger partial charge in [0.05, 0.1) is 32.5 Å². The number of pyridine rings is 1. The summed E-state index contributed by atoms with van der Waals surface area (Å²) in [6.45, 7) is 9.88. The zero-order valence-corrected chi connectivity index (χ0v) is 36.4. The van der Waals surface area contributed by atoms with Crippen molar-refractivity contribution in [3.63, 3.8) is 0 Å². The Hall–Kier alpha value is -5.33. The van der Waals surface area contributed by atoms with Gasteiger partial charge >= 0.3 is 11.9 Å². The minimum atomic E-state index is -4.69. The summed E-state index contributed by atoms with van der Waals surface area (Å²) >= 11 is 1.49. The number of benzene rings is 2. The average molecular weight is 888 g/mol. The zero-order chi connectivity index (χ0) is 44.4. The molecule has 0 radical (unpaired) electrons. The van der Waals surface area contributed by atoms with Crippen LogP contribution in [0.1, 0.15) is 93.0 Å². The summed E-state index contributed by atoms with van der Waals surface area (Å²) in [5.41, 5.74) is 1.01. The number of piperidine rings is 4. The number of amides is 3. The molecule has 9 rings (SSSR count). The summed E-state index contributed by atoms with van der Waals surface area (Å²) in [6.07, 6.45) is 2.36. The summed E-state index contributed by atoms with van der Waals surface area (Å²) < 4.78 is 43.8. The molecule has 18 heteroatoms. The fourth-order valence-electron chi connectivity index (χ4n) is 10.1. The van der Waals surface area contributed by atoms with E-state index >= 15 is 0 Å². The number of imide groups is 1. The number of rotatable bonds is 8. The fourth-order valence-corrected chi connectivity index (χ4v) is 11.2. The fraction of sp³-hybridized carbons (Fsp3) is 0.511. The van der Waals surface area contributed by atoms with Gasteiger partial charge in [0.15, 0.2) is 5.13 Å². The number of imidazole rings is 1. The van der Waals surface area contributed by atoms with Crippen molar-refractivity contribution in [3.05, 3.63) is 76.0 Å². The first kappa shape index (κ1) is 42.9. The summed E-state index contributed by atoms with van der Waals surface area (Å²) in [6, 6.07) is 11.8. The minimum Gasteiger partial charge on any atom is -0.386 e. The predicted molar refractivity (Wildman–Crippen MR) is 235 cm³/mol. The number of aromatic nitrogens is 4. The van der Waals surface area contributed by atoms with E-state index in [9.17, 15) is 37.5 Å². The van der Waals surface area contributed by atoms with Crippen LogP contribution in [0.5, 0.6) is 0 Å². The number of para-hydroxylation sites is 1. The topological polar surface area (TPSA) is 158 Å². The van der Waals surface area contributed by atoms with E-state index < -0.39 is 35.3 Å². The number of aryl methyl sites for hydroxylation is 1. The molecule has 3 aromatic heterocycles. The number of hydrogen-bond donors (Lipinski definition) is 3. The maximum atomic E-state index is 13.5. The number of carbonyl (C=O) groups is 3. The predicted octanol–water partition coefficient (Wildman–Crippen LogP) is 6.42. The van der Waals surface area contributed by atoms with Crippen LogP contribution in [0.2, 0.25) is 0 Å². The number of aliphatic hydroxyl groups is 1. The normalized spacial score (nSPS) is 20.5. The Morgan fingerprint density at radius 1 is 0.921 bits per heavy atom. The lowest BCUT2D eigenvalue weighted by Crippen LogP contribution is -2.48. The van der Waals surface area contributed by atoms with Crippen LogP contribution in [-0.2, 0) is 28.4 Å². The molecule has 3 amide bonds. The lowest BCUT2D eigenvalue weighted by Gasteiger charge is -2.48. The van der Waals surface area contributed by atoms with Crippen LogP contribution in [0.15, 0.2) is 53.3 Å². The second kappa shape index (κ2) is 16.3. The monoisotopic (exact) mass is 887 g/mol. The maximum Gasteiger partial charge on any atom is 0.433 e. The molecule has 3 N–H and O–H groups in total. The number of alkyl halides is 3. The number of carbonyl (C=O) groups excluding carboxylic acids is 3. The first-order valence-electron chi connectivity index (χ1n) is 21.8.